The molecular formula is C18H20N6Na2O6S3. The second-order valence-electron chi connectivity index (χ2n) is 7.16. The number of carboxylic acids is 2. The zero-order valence-corrected chi connectivity index (χ0v) is 19.5. The first-order chi connectivity index (χ1) is 15.8. The first-order valence-corrected chi connectivity index (χ1v) is 12.4. The van der Waals surface area contributed by atoms with Crippen molar-refractivity contribution in [3.63, 3.8) is 0 Å². The first-order valence-electron chi connectivity index (χ1n) is 9.63. The molecule has 2 amide bonds. The van der Waals surface area contributed by atoms with E-state index in [0.29, 0.717) is 5.57 Å². The summed E-state index contributed by atoms with van der Waals surface area (Å²) in [6.07, 6.45) is 0.156. The molecule has 12 nitrogen and oxygen atoms in total. The Balaban J connectivity index is 0.00000216. The van der Waals surface area contributed by atoms with Crippen molar-refractivity contribution in [3.05, 3.63) is 33.7 Å². The molecule has 0 saturated carbocycles. The molecule has 3 atom stereocenters. The van der Waals surface area contributed by atoms with Crippen molar-refractivity contribution in [2.24, 2.45) is 0 Å². The van der Waals surface area contributed by atoms with Gasteiger partial charge in [-0.1, -0.05) is 17.8 Å². The molecule has 0 radical (unpaired) electrons. The number of thiophene rings is 1. The van der Waals surface area contributed by atoms with Crippen LogP contribution in [-0.2, 0) is 32.1 Å². The standard InChI is InChI=1S/C18H18N6O6S3.2Na.2H/c1-8-10(7-32-18-20-21-22-23(18)6-12(26)27)14(17(29)30)24-15(28)13(16(24)33-8)19-11(25)5-9-3-2-4-31-9;;;;/h2-4,8,13,16H,5-7H2,1H3,(H,19,25)(H,26,27)(H,29,30);;;;/t8-,13?,16+;;;;/m0..../s1. The van der Waals surface area contributed by atoms with E-state index in [1.807, 2.05) is 24.4 Å². The van der Waals surface area contributed by atoms with Gasteiger partial charge in [-0.05, 0) is 34.4 Å². The number of rotatable bonds is 9. The number of hydrogen-bond donors (Lipinski definition) is 3. The molecule has 4 heterocycles. The number of aliphatic carboxylic acids is 2. The summed E-state index contributed by atoms with van der Waals surface area (Å²) >= 11 is 3.92. The van der Waals surface area contributed by atoms with E-state index >= 15 is 0 Å². The fraction of sp³-hybridized carbons (Fsp3) is 0.389. The Morgan fingerprint density at radius 2 is 2.00 bits per heavy atom. The molecule has 0 aromatic carbocycles. The van der Waals surface area contributed by atoms with E-state index in [1.165, 1.54) is 28.0 Å². The Morgan fingerprint density at radius 3 is 2.63 bits per heavy atom. The second-order valence-corrected chi connectivity index (χ2v) is 10.6. The second kappa shape index (κ2) is 13.1. The number of aromatic nitrogens is 4. The Bertz CT molecular complexity index is 1140. The summed E-state index contributed by atoms with van der Waals surface area (Å²) in [6, 6.07) is 2.88. The first kappa shape index (κ1) is 30.3. The number of nitrogens with one attached hydrogen (secondary N) is 1. The quantitative estimate of drug-likeness (QED) is 0.196. The Hall–Kier alpha value is -0.910. The van der Waals surface area contributed by atoms with Gasteiger partial charge in [0.15, 0.2) is 0 Å². The third-order valence-electron chi connectivity index (χ3n) is 5.00. The normalized spacial score (nSPS) is 20.8. The molecule has 1 fully saturated rings. The van der Waals surface area contributed by atoms with Crippen LogP contribution in [0.5, 0.6) is 0 Å². The molecule has 2 aromatic rings. The Labute approximate surface area is 256 Å². The van der Waals surface area contributed by atoms with Crippen LogP contribution in [0.2, 0.25) is 0 Å². The molecule has 1 unspecified atom stereocenters. The molecule has 2 aliphatic rings. The van der Waals surface area contributed by atoms with Crippen molar-refractivity contribution in [2.75, 3.05) is 5.75 Å². The molecule has 1 saturated heterocycles. The van der Waals surface area contributed by atoms with Crippen LogP contribution in [0, 0.1) is 0 Å². The average Bonchev–Trinajstić information content (AvgIpc) is 3.42. The maximum absolute atomic E-state index is 12.8. The van der Waals surface area contributed by atoms with Gasteiger partial charge in [-0.3, -0.25) is 19.3 Å². The SMILES string of the molecule is C[C@@H]1S[C@@H]2C(NC(=O)Cc3cccs3)C(=O)N2C(C(=O)O)=C1CSc1nnnn1CC(=O)O.[NaH].[NaH]. The predicted octanol–water partition coefficient (Wildman–Crippen LogP) is -1.02. The summed E-state index contributed by atoms with van der Waals surface area (Å²) < 4.78 is 1.10. The number of nitrogens with zero attached hydrogens (tertiary/aromatic N) is 5. The zero-order chi connectivity index (χ0) is 23.7. The molecule has 2 aromatic heterocycles. The number of carboxylic acid groups (broad SMARTS) is 2. The fourth-order valence-electron chi connectivity index (χ4n) is 3.50. The summed E-state index contributed by atoms with van der Waals surface area (Å²) in [7, 11) is 0. The van der Waals surface area contributed by atoms with Crippen molar-refractivity contribution in [3.8, 4) is 0 Å². The average molecular weight is 559 g/mol. The van der Waals surface area contributed by atoms with E-state index in [0.717, 1.165) is 21.3 Å². The summed E-state index contributed by atoms with van der Waals surface area (Å²) in [6.45, 7) is 1.40. The molecule has 0 aliphatic carbocycles. The predicted molar refractivity (Wildman–Crippen MR) is 133 cm³/mol. The molecule has 35 heavy (non-hydrogen) atoms. The van der Waals surface area contributed by atoms with Gasteiger partial charge >= 0.3 is 71.1 Å². The third-order valence-corrected chi connectivity index (χ3v) is 8.33. The van der Waals surface area contributed by atoms with Crippen LogP contribution >= 0.6 is 34.9 Å². The van der Waals surface area contributed by atoms with Crippen molar-refractivity contribution < 1.29 is 29.4 Å². The molecule has 17 heteroatoms. The monoisotopic (exact) mass is 558 g/mol. The van der Waals surface area contributed by atoms with E-state index in [2.05, 4.69) is 20.8 Å². The summed E-state index contributed by atoms with van der Waals surface area (Å²) in [4.78, 5) is 50.3. The van der Waals surface area contributed by atoms with Crippen LogP contribution in [0.15, 0.2) is 33.9 Å². The van der Waals surface area contributed by atoms with Gasteiger partial charge in [-0.15, -0.1) is 28.2 Å². The van der Waals surface area contributed by atoms with Crippen molar-refractivity contribution >= 4 is 118 Å². The summed E-state index contributed by atoms with van der Waals surface area (Å²) in [5, 5.41) is 33.7. The number of carbonyl (C=O) groups excluding carboxylic acids is 2. The number of fused-ring (bicyclic) bond motifs is 1. The number of tetrazole rings is 1. The minimum atomic E-state index is -1.25. The number of carbonyl (C=O) groups is 4. The van der Waals surface area contributed by atoms with Gasteiger partial charge in [0.2, 0.25) is 11.1 Å². The van der Waals surface area contributed by atoms with Crippen LogP contribution in [0.1, 0.15) is 11.8 Å². The van der Waals surface area contributed by atoms with Crippen LogP contribution < -0.4 is 5.32 Å². The van der Waals surface area contributed by atoms with Gasteiger partial charge in [-0.25, -0.2) is 9.48 Å². The third kappa shape index (κ3) is 6.70. The molecule has 0 bridgehead atoms. The Kier molecular flexibility index (Phi) is 11.3. The maximum atomic E-state index is 12.8. The molecule has 3 N–H and O–H groups in total. The number of hydrogen-bond acceptors (Lipinski definition) is 10. The molecule has 4 rings (SSSR count). The van der Waals surface area contributed by atoms with E-state index in [1.54, 1.807) is 0 Å². The van der Waals surface area contributed by atoms with Gasteiger partial charge in [-0.2, -0.15) is 0 Å². The van der Waals surface area contributed by atoms with Crippen LogP contribution in [0.25, 0.3) is 0 Å². The number of amides is 2. The fourth-order valence-corrected chi connectivity index (χ4v) is 6.78. The van der Waals surface area contributed by atoms with Gasteiger partial charge in [0.05, 0.1) is 6.42 Å². The Morgan fingerprint density at radius 1 is 1.26 bits per heavy atom. The van der Waals surface area contributed by atoms with E-state index in [9.17, 15) is 24.3 Å². The van der Waals surface area contributed by atoms with Crippen LogP contribution in [0.3, 0.4) is 0 Å². The molecular weight excluding hydrogens is 538 g/mol. The molecule has 2 aliphatic heterocycles. The number of β-lactam (4-membered cyclic amide) rings is 1. The summed E-state index contributed by atoms with van der Waals surface area (Å²) in [5.41, 5.74) is 0.375. The molecule has 0 spiro atoms. The van der Waals surface area contributed by atoms with Gasteiger partial charge in [0, 0.05) is 15.9 Å². The van der Waals surface area contributed by atoms with E-state index < -0.39 is 35.8 Å². The van der Waals surface area contributed by atoms with Crippen LogP contribution in [0.4, 0.5) is 0 Å². The van der Waals surface area contributed by atoms with Crippen molar-refractivity contribution in [1.29, 1.82) is 0 Å². The van der Waals surface area contributed by atoms with Gasteiger partial charge < -0.3 is 15.5 Å². The number of thioether (sulfide) groups is 2. The topological polar surface area (TPSA) is 168 Å². The van der Waals surface area contributed by atoms with E-state index in [-0.39, 0.29) is 93.3 Å². The minimum absolute atomic E-state index is 0. The van der Waals surface area contributed by atoms with Crippen LogP contribution in [-0.4, -0.2) is 141 Å². The van der Waals surface area contributed by atoms with E-state index in [4.69, 9.17) is 5.11 Å². The summed E-state index contributed by atoms with van der Waals surface area (Å²) in [5.74, 6) is -2.98. The zero-order valence-electron chi connectivity index (χ0n) is 17.1. The van der Waals surface area contributed by atoms with Crippen molar-refractivity contribution in [2.45, 2.75) is 41.7 Å². The molecule has 178 valence electrons. The van der Waals surface area contributed by atoms with Gasteiger partial charge in [0.1, 0.15) is 23.7 Å². The van der Waals surface area contributed by atoms with Crippen molar-refractivity contribution in [1.82, 2.24) is 30.4 Å². The van der Waals surface area contributed by atoms with Gasteiger partial charge in [0.25, 0.3) is 5.91 Å².